The quantitative estimate of drug-likeness (QED) is 0.840. The first-order valence-electron chi connectivity index (χ1n) is 6.81. The first-order chi connectivity index (χ1) is 8.77. The molecule has 2 rings (SSSR count). The van der Waals surface area contributed by atoms with Crippen molar-refractivity contribution in [3.63, 3.8) is 0 Å². The molecule has 3 heteroatoms. The second-order valence-electron chi connectivity index (χ2n) is 5.08. The smallest absolute Gasteiger partial charge is 0.0475 e. The molecule has 0 atom stereocenters. The minimum absolute atomic E-state index is 0.247. The number of ether oxygens (including phenoxy) is 1. The Labute approximate surface area is 118 Å². The van der Waals surface area contributed by atoms with Crippen LogP contribution in [0.15, 0.2) is 28.7 Å². The van der Waals surface area contributed by atoms with Gasteiger partial charge in [0.15, 0.2) is 0 Å². The van der Waals surface area contributed by atoms with Gasteiger partial charge < -0.3 is 10.1 Å². The Morgan fingerprint density at radius 2 is 2.11 bits per heavy atom. The van der Waals surface area contributed by atoms with E-state index in [1.807, 2.05) is 0 Å². The molecule has 1 fully saturated rings. The molecule has 1 heterocycles. The van der Waals surface area contributed by atoms with Crippen LogP contribution < -0.4 is 5.32 Å². The monoisotopic (exact) mass is 311 g/mol. The highest BCUT2D eigenvalue weighted by molar-refractivity contribution is 9.10. The summed E-state index contributed by atoms with van der Waals surface area (Å²) >= 11 is 3.58. The van der Waals surface area contributed by atoms with E-state index in [1.54, 1.807) is 0 Å². The van der Waals surface area contributed by atoms with E-state index in [2.05, 4.69) is 52.4 Å². The summed E-state index contributed by atoms with van der Waals surface area (Å²) in [7, 11) is 0. The van der Waals surface area contributed by atoms with Crippen molar-refractivity contribution in [1.29, 1.82) is 0 Å². The molecule has 1 aromatic carbocycles. The highest BCUT2D eigenvalue weighted by atomic mass is 79.9. The Bertz CT molecular complexity index is 375. The minimum atomic E-state index is 0.247. The van der Waals surface area contributed by atoms with Crippen molar-refractivity contribution in [2.45, 2.75) is 31.6 Å². The van der Waals surface area contributed by atoms with Gasteiger partial charge in [-0.15, -0.1) is 0 Å². The third kappa shape index (κ3) is 3.34. The summed E-state index contributed by atoms with van der Waals surface area (Å²) in [5, 5.41) is 3.59. The topological polar surface area (TPSA) is 21.3 Å². The number of benzene rings is 1. The van der Waals surface area contributed by atoms with Crippen molar-refractivity contribution >= 4 is 15.9 Å². The molecule has 0 radical (unpaired) electrons. The molecule has 0 aliphatic carbocycles. The number of halogens is 1. The molecule has 1 aliphatic heterocycles. The molecule has 0 bridgehead atoms. The first kappa shape index (κ1) is 14.0. The maximum atomic E-state index is 5.54. The largest absolute Gasteiger partial charge is 0.381 e. The van der Waals surface area contributed by atoms with Gasteiger partial charge in [-0.1, -0.05) is 35.0 Å². The van der Waals surface area contributed by atoms with E-state index in [1.165, 1.54) is 16.5 Å². The van der Waals surface area contributed by atoms with Gasteiger partial charge in [0.05, 0.1) is 0 Å². The van der Waals surface area contributed by atoms with E-state index < -0.39 is 0 Å². The van der Waals surface area contributed by atoms with Gasteiger partial charge in [0.25, 0.3) is 0 Å². The number of hydrogen-bond acceptors (Lipinski definition) is 2. The summed E-state index contributed by atoms with van der Waals surface area (Å²) in [5.41, 5.74) is 1.68. The van der Waals surface area contributed by atoms with Crippen molar-refractivity contribution in [3.05, 3.63) is 34.3 Å². The van der Waals surface area contributed by atoms with E-state index >= 15 is 0 Å². The zero-order chi connectivity index (χ0) is 12.8. The fraction of sp³-hybridized carbons (Fsp3) is 0.600. The second kappa shape index (κ2) is 6.69. The van der Waals surface area contributed by atoms with Crippen LogP contribution in [0.1, 0.15) is 31.7 Å². The van der Waals surface area contributed by atoms with Gasteiger partial charge in [-0.25, -0.2) is 0 Å². The van der Waals surface area contributed by atoms with Gasteiger partial charge >= 0.3 is 0 Å². The van der Waals surface area contributed by atoms with Crippen LogP contribution in [-0.2, 0) is 10.2 Å². The molecule has 0 saturated carbocycles. The standard InChI is InChI=1S/C15H22BrNO/c1-2-8-17-12-15(6-9-18-10-7-15)13-4-3-5-14(16)11-13/h3-5,11,17H,2,6-10,12H2,1H3. The molecular weight excluding hydrogens is 290 g/mol. The van der Waals surface area contributed by atoms with E-state index in [-0.39, 0.29) is 5.41 Å². The molecule has 1 saturated heterocycles. The Morgan fingerprint density at radius 3 is 2.78 bits per heavy atom. The van der Waals surface area contributed by atoms with Crippen molar-refractivity contribution in [1.82, 2.24) is 5.32 Å². The SMILES string of the molecule is CCCNCC1(c2cccc(Br)c2)CCOCC1. The van der Waals surface area contributed by atoms with Crippen LogP contribution >= 0.6 is 15.9 Å². The third-order valence-corrected chi connectivity index (χ3v) is 4.27. The van der Waals surface area contributed by atoms with Crippen molar-refractivity contribution in [2.75, 3.05) is 26.3 Å². The molecule has 0 amide bonds. The Kier molecular flexibility index (Phi) is 5.22. The van der Waals surface area contributed by atoms with E-state index in [9.17, 15) is 0 Å². The summed E-state index contributed by atoms with van der Waals surface area (Å²) in [6.07, 6.45) is 3.41. The Balaban J connectivity index is 2.17. The van der Waals surface area contributed by atoms with Crippen LogP contribution in [0.2, 0.25) is 0 Å². The number of hydrogen-bond donors (Lipinski definition) is 1. The van der Waals surface area contributed by atoms with Crippen molar-refractivity contribution in [3.8, 4) is 0 Å². The molecular formula is C15H22BrNO. The lowest BCUT2D eigenvalue weighted by Crippen LogP contribution is -2.43. The predicted octanol–water partition coefficient (Wildman–Crippen LogP) is 3.50. The lowest BCUT2D eigenvalue weighted by atomic mass is 9.74. The average molecular weight is 312 g/mol. The molecule has 18 heavy (non-hydrogen) atoms. The molecule has 0 unspecified atom stereocenters. The Hall–Kier alpha value is -0.380. The van der Waals surface area contributed by atoms with Gasteiger partial charge in [0, 0.05) is 29.6 Å². The second-order valence-corrected chi connectivity index (χ2v) is 6.00. The van der Waals surface area contributed by atoms with Crippen molar-refractivity contribution in [2.24, 2.45) is 0 Å². The van der Waals surface area contributed by atoms with Gasteiger partial charge in [-0.2, -0.15) is 0 Å². The zero-order valence-electron chi connectivity index (χ0n) is 11.0. The zero-order valence-corrected chi connectivity index (χ0v) is 12.6. The minimum Gasteiger partial charge on any atom is -0.381 e. The van der Waals surface area contributed by atoms with Crippen LogP contribution in [0, 0.1) is 0 Å². The molecule has 0 spiro atoms. The van der Waals surface area contributed by atoms with Crippen LogP contribution in [0.25, 0.3) is 0 Å². The summed E-state index contributed by atoms with van der Waals surface area (Å²) in [5.74, 6) is 0. The summed E-state index contributed by atoms with van der Waals surface area (Å²) in [6, 6.07) is 8.75. The predicted molar refractivity (Wildman–Crippen MR) is 79.0 cm³/mol. The highest BCUT2D eigenvalue weighted by Crippen LogP contribution is 2.35. The molecule has 0 aromatic heterocycles. The van der Waals surface area contributed by atoms with Crippen LogP contribution in [0.4, 0.5) is 0 Å². The van der Waals surface area contributed by atoms with Crippen molar-refractivity contribution < 1.29 is 4.74 Å². The molecule has 1 aliphatic rings. The van der Waals surface area contributed by atoms with Crippen LogP contribution in [-0.4, -0.2) is 26.3 Å². The normalized spacial score (nSPS) is 18.8. The first-order valence-corrected chi connectivity index (χ1v) is 7.61. The highest BCUT2D eigenvalue weighted by Gasteiger charge is 2.34. The van der Waals surface area contributed by atoms with E-state index in [0.29, 0.717) is 0 Å². The van der Waals surface area contributed by atoms with Gasteiger partial charge in [0.1, 0.15) is 0 Å². The summed E-state index contributed by atoms with van der Waals surface area (Å²) < 4.78 is 6.71. The molecule has 1 N–H and O–H groups in total. The molecule has 1 aromatic rings. The Morgan fingerprint density at radius 1 is 1.33 bits per heavy atom. The number of rotatable bonds is 5. The number of nitrogens with one attached hydrogen (secondary N) is 1. The van der Waals surface area contributed by atoms with Crippen LogP contribution in [0.3, 0.4) is 0 Å². The fourth-order valence-corrected chi connectivity index (χ4v) is 3.05. The van der Waals surface area contributed by atoms with E-state index in [4.69, 9.17) is 4.74 Å². The lowest BCUT2D eigenvalue weighted by molar-refractivity contribution is 0.0499. The molecule has 100 valence electrons. The summed E-state index contributed by atoms with van der Waals surface area (Å²) in [4.78, 5) is 0. The fourth-order valence-electron chi connectivity index (χ4n) is 2.65. The summed E-state index contributed by atoms with van der Waals surface area (Å²) in [6.45, 7) is 6.11. The third-order valence-electron chi connectivity index (χ3n) is 3.78. The average Bonchev–Trinajstić information content (AvgIpc) is 2.40. The van der Waals surface area contributed by atoms with Gasteiger partial charge in [-0.05, 0) is 43.5 Å². The lowest BCUT2D eigenvalue weighted by Gasteiger charge is -2.38. The van der Waals surface area contributed by atoms with E-state index in [0.717, 1.165) is 39.1 Å². The van der Waals surface area contributed by atoms with Crippen LogP contribution in [0.5, 0.6) is 0 Å². The van der Waals surface area contributed by atoms with Gasteiger partial charge in [-0.3, -0.25) is 0 Å². The molecule has 2 nitrogen and oxygen atoms in total. The maximum absolute atomic E-state index is 5.54. The maximum Gasteiger partial charge on any atom is 0.0475 e. The van der Waals surface area contributed by atoms with Gasteiger partial charge in [0.2, 0.25) is 0 Å².